The highest BCUT2D eigenvalue weighted by Gasteiger charge is 2.30. The van der Waals surface area contributed by atoms with E-state index in [2.05, 4.69) is 10.3 Å². The molecule has 10 heteroatoms. The Hall–Kier alpha value is -3.59. The lowest BCUT2D eigenvalue weighted by molar-refractivity contribution is -0.130. The van der Waals surface area contributed by atoms with E-state index < -0.39 is 35.1 Å². The topological polar surface area (TPSA) is 88.3 Å². The van der Waals surface area contributed by atoms with Crippen LogP contribution in [0, 0.1) is 5.82 Å². The fraction of sp³-hybridized carbons (Fsp3) is 0.208. The minimum atomic E-state index is -3.60. The van der Waals surface area contributed by atoms with E-state index in [4.69, 9.17) is 16.3 Å². The summed E-state index contributed by atoms with van der Waals surface area (Å²) in [7, 11) is 0. The first kappa shape index (κ1) is 25.0. The molecule has 3 rings (SSSR count). The van der Waals surface area contributed by atoms with Crippen LogP contribution in [-0.4, -0.2) is 17.2 Å². The van der Waals surface area contributed by atoms with E-state index in [0.717, 1.165) is 18.2 Å². The number of ether oxygens (including phenoxy) is 1. The smallest absolute Gasteiger partial charge is 0.327 e. The molecule has 0 unspecified atom stereocenters. The Labute approximate surface area is 197 Å². The van der Waals surface area contributed by atoms with Crippen molar-refractivity contribution < 1.29 is 27.5 Å². The number of nitrogens with one attached hydrogen (secondary N) is 2. The van der Waals surface area contributed by atoms with Crippen molar-refractivity contribution in [3.05, 3.63) is 92.6 Å². The number of H-pyrrole nitrogens is 1. The lowest BCUT2D eigenvalue weighted by atomic mass is 10.0. The Kier molecular flexibility index (Phi) is 7.16. The zero-order valence-electron chi connectivity index (χ0n) is 18.1. The molecule has 6 nitrogen and oxygen atoms in total. The molecule has 0 aliphatic rings. The van der Waals surface area contributed by atoms with Crippen LogP contribution in [0.5, 0.6) is 5.75 Å². The number of carbonyl (C=O) groups excluding carboxylic acids is 2. The molecule has 34 heavy (non-hydrogen) atoms. The lowest BCUT2D eigenvalue weighted by Crippen LogP contribution is -2.29. The number of aldehydes is 1. The third-order valence-electron chi connectivity index (χ3n) is 4.90. The predicted molar refractivity (Wildman–Crippen MR) is 121 cm³/mol. The fourth-order valence-corrected chi connectivity index (χ4v) is 3.52. The van der Waals surface area contributed by atoms with Crippen LogP contribution in [0.25, 0.3) is 0 Å². The Morgan fingerprint density at radius 2 is 1.79 bits per heavy atom. The van der Waals surface area contributed by atoms with E-state index in [0.29, 0.717) is 5.56 Å². The largest absolute Gasteiger partial charge is 0.479 e. The summed E-state index contributed by atoms with van der Waals surface area (Å²) in [5, 5.41) is 2.77. The molecule has 2 aromatic carbocycles. The van der Waals surface area contributed by atoms with Crippen molar-refractivity contribution in [3.63, 3.8) is 0 Å². The van der Waals surface area contributed by atoms with Crippen LogP contribution >= 0.6 is 11.6 Å². The zero-order valence-corrected chi connectivity index (χ0v) is 18.9. The van der Waals surface area contributed by atoms with Crippen LogP contribution in [0.15, 0.2) is 59.4 Å². The van der Waals surface area contributed by atoms with Crippen molar-refractivity contribution in [3.8, 4) is 5.75 Å². The average molecular weight is 493 g/mol. The highest BCUT2D eigenvalue weighted by Crippen LogP contribution is 2.32. The van der Waals surface area contributed by atoms with Crippen molar-refractivity contribution in [1.82, 2.24) is 4.98 Å². The first-order valence-corrected chi connectivity index (χ1v) is 10.4. The maximum absolute atomic E-state index is 14.7. The number of hydrogen-bond donors (Lipinski definition) is 2. The summed E-state index contributed by atoms with van der Waals surface area (Å²) in [6.45, 7) is 3.21. The molecule has 0 fully saturated rings. The fourth-order valence-electron chi connectivity index (χ4n) is 3.19. The van der Waals surface area contributed by atoms with E-state index in [1.165, 1.54) is 36.4 Å². The minimum absolute atomic E-state index is 0.129. The SMILES string of the molecule is CC(C)(Oc1ccc(NC(=O)Cc2ccc(C(F)(F)C=O)cc2)cc1F)c1[nH]c(=O)ccc1Cl. The number of aromatic nitrogens is 1. The summed E-state index contributed by atoms with van der Waals surface area (Å²) in [6.07, 6.45) is -0.606. The second kappa shape index (κ2) is 9.72. The number of amides is 1. The van der Waals surface area contributed by atoms with Gasteiger partial charge < -0.3 is 15.0 Å². The molecule has 0 bridgehead atoms. The summed E-state index contributed by atoms with van der Waals surface area (Å²) in [4.78, 5) is 36.9. The van der Waals surface area contributed by atoms with Crippen molar-refractivity contribution in [1.29, 1.82) is 0 Å². The van der Waals surface area contributed by atoms with E-state index >= 15 is 0 Å². The Balaban J connectivity index is 1.68. The number of pyridine rings is 1. The monoisotopic (exact) mass is 492 g/mol. The Morgan fingerprint density at radius 1 is 1.12 bits per heavy atom. The Bertz CT molecular complexity index is 1270. The standard InChI is InChI=1S/C24H20ClF3N2O4/c1-23(2,22-17(25)8-10-20(32)30-22)34-19-9-7-16(12-18(19)26)29-21(33)11-14-3-5-15(6-4-14)24(27,28)13-31/h3-10,12-13H,11H2,1-2H3,(H,29,33)(H,30,32). The first-order valence-electron chi connectivity index (χ1n) is 10.0. The zero-order chi connectivity index (χ0) is 25.1. The van der Waals surface area contributed by atoms with Gasteiger partial charge in [-0.2, -0.15) is 8.78 Å². The van der Waals surface area contributed by atoms with Crippen LogP contribution in [0.3, 0.4) is 0 Å². The maximum Gasteiger partial charge on any atom is 0.327 e. The van der Waals surface area contributed by atoms with Gasteiger partial charge in [-0.1, -0.05) is 35.9 Å². The van der Waals surface area contributed by atoms with Gasteiger partial charge in [-0.3, -0.25) is 14.4 Å². The van der Waals surface area contributed by atoms with E-state index in [1.54, 1.807) is 13.8 Å². The Morgan fingerprint density at radius 3 is 2.41 bits per heavy atom. The summed E-state index contributed by atoms with van der Waals surface area (Å²) in [5.74, 6) is -4.99. The van der Waals surface area contributed by atoms with Crippen LogP contribution in [-0.2, 0) is 27.5 Å². The molecule has 178 valence electrons. The number of halogens is 4. The number of rotatable bonds is 8. The first-order chi connectivity index (χ1) is 15.9. The quantitative estimate of drug-likeness (QED) is 0.435. The summed E-state index contributed by atoms with van der Waals surface area (Å²) < 4.78 is 47.1. The molecule has 0 aliphatic carbocycles. The van der Waals surface area contributed by atoms with Crippen LogP contribution in [0.2, 0.25) is 5.02 Å². The summed E-state index contributed by atoms with van der Waals surface area (Å²) in [5.41, 5.74) is -1.18. The molecular formula is C24H20ClF3N2O4. The maximum atomic E-state index is 14.7. The highest BCUT2D eigenvalue weighted by atomic mass is 35.5. The van der Waals surface area contributed by atoms with Crippen molar-refractivity contribution >= 4 is 29.5 Å². The van der Waals surface area contributed by atoms with Crippen LogP contribution in [0.1, 0.15) is 30.7 Å². The molecule has 1 heterocycles. The van der Waals surface area contributed by atoms with E-state index in [1.807, 2.05) is 0 Å². The molecule has 0 radical (unpaired) electrons. The van der Waals surface area contributed by atoms with Gasteiger partial charge in [0, 0.05) is 23.4 Å². The molecule has 0 saturated heterocycles. The number of alkyl halides is 2. The van der Waals surface area contributed by atoms with Gasteiger partial charge in [0.1, 0.15) is 5.60 Å². The summed E-state index contributed by atoms with van der Waals surface area (Å²) >= 11 is 6.13. The number of aromatic amines is 1. The van der Waals surface area contributed by atoms with E-state index in [-0.39, 0.29) is 34.1 Å². The van der Waals surface area contributed by atoms with Gasteiger partial charge in [-0.05, 0) is 37.6 Å². The van der Waals surface area contributed by atoms with Gasteiger partial charge in [0.2, 0.25) is 11.5 Å². The third kappa shape index (κ3) is 5.85. The van der Waals surface area contributed by atoms with Crippen LogP contribution < -0.4 is 15.6 Å². The molecule has 0 atom stereocenters. The van der Waals surface area contributed by atoms with E-state index in [9.17, 15) is 27.6 Å². The molecular weight excluding hydrogens is 473 g/mol. The average Bonchev–Trinajstić information content (AvgIpc) is 2.77. The van der Waals surface area contributed by atoms with Gasteiger partial charge in [-0.25, -0.2) is 4.39 Å². The van der Waals surface area contributed by atoms with Crippen molar-refractivity contribution in [2.75, 3.05) is 5.32 Å². The second-order valence-corrected chi connectivity index (χ2v) is 8.37. The molecule has 2 N–H and O–H groups in total. The van der Waals surface area contributed by atoms with Gasteiger partial charge in [0.15, 0.2) is 17.9 Å². The number of carbonyl (C=O) groups is 2. The third-order valence-corrected chi connectivity index (χ3v) is 5.22. The van der Waals surface area contributed by atoms with Gasteiger partial charge in [0.05, 0.1) is 17.1 Å². The summed E-state index contributed by atoms with van der Waals surface area (Å²) in [6, 6.07) is 11.2. The molecule has 3 aromatic rings. The predicted octanol–water partition coefficient (Wildman–Crippen LogP) is 4.95. The van der Waals surface area contributed by atoms with Gasteiger partial charge >= 0.3 is 5.92 Å². The normalized spacial score (nSPS) is 11.7. The van der Waals surface area contributed by atoms with Crippen molar-refractivity contribution in [2.24, 2.45) is 0 Å². The molecule has 0 spiro atoms. The number of benzene rings is 2. The minimum Gasteiger partial charge on any atom is -0.479 e. The van der Waals surface area contributed by atoms with Gasteiger partial charge in [0.25, 0.3) is 0 Å². The second-order valence-electron chi connectivity index (χ2n) is 7.97. The molecule has 1 aromatic heterocycles. The highest BCUT2D eigenvalue weighted by molar-refractivity contribution is 6.31. The number of anilines is 1. The number of hydrogen-bond acceptors (Lipinski definition) is 4. The lowest BCUT2D eigenvalue weighted by Gasteiger charge is -2.27. The molecule has 0 saturated carbocycles. The van der Waals surface area contributed by atoms with Crippen LogP contribution in [0.4, 0.5) is 18.9 Å². The van der Waals surface area contributed by atoms with Crippen molar-refractivity contribution in [2.45, 2.75) is 31.8 Å². The molecule has 0 aliphatic heterocycles. The molecule has 1 amide bonds. The van der Waals surface area contributed by atoms with Gasteiger partial charge in [-0.15, -0.1) is 0 Å².